The Bertz CT molecular complexity index is 708. The Morgan fingerprint density at radius 2 is 2.24 bits per heavy atom. The van der Waals surface area contributed by atoms with E-state index in [-0.39, 0.29) is 6.54 Å². The SMILES string of the molecule is CC1(C#N)CCN(S(=O)(=O)c2ccc3c(c2)CCCO3)C1. The lowest BCUT2D eigenvalue weighted by atomic mass is 9.92. The van der Waals surface area contributed by atoms with Gasteiger partial charge in [-0.1, -0.05) is 0 Å². The van der Waals surface area contributed by atoms with E-state index in [0.717, 1.165) is 24.2 Å². The molecule has 0 spiro atoms. The van der Waals surface area contributed by atoms with Crippen molar-refractivity contribution in [2.24, 2.45) is 5.41 Å². The molecular weight excluding hydrogens is 288 g/mol. The molecule has 1 unspecified atom stereocenters. The quantitative estimate of drug-likeness (QED) is 0.837. The second-order valence-electron chi connectivity index (χ2n) is 5.98. The molecule has 1 fully saturated rings. The van der Waals surface area contributed by atoms with Crippen molar-refractivity contribution in [1.82, 2.24) is 4.31 Å². The summed E-state index contributed by atoms with van der Waals surface area (Å²) in [6, 6.07) is 7.27. The number of rotatable bonds is 2. The fourth-order valence-electron chi connectivity index (χ4n) is 2.86. The molecule has 112 valence electrons. The van der Waals surface area contributed by atoms with Gasteiger partial charge >= 0.3 is 0 Å². The topological polar surface area (TPSA) is 70.4 Å². The molecule has 0 amide bonds. The van der Waals surface area contributed by atoms with Crippen LogP contribution in [0.2, 0.25) is 0 Å². The highest BCUT2D eigenvalue weighted by Gasteiger charge is 2.40. The van der Waals surface area contributed by atoms with Gasteiger partial charge in [-0.15, -0.1) is 0 Å². The molecule has 0 aromatic heterocycles. The van der Waals surface area contributed by atoms with E-state index >= 15 is 0 Å². The number of benzene rings is 1. The van der Waals surface area contributed by atoms with Gasteiger partial charge in [0, 0.05) is 13.1 Å². The first kappa shape index (κ1) is 14.4. The van der Waals surface area contributed by atoms with Crippen molar-refractivity contribution in [3.05, 3.63) is 23.8 Å². The molecular formula is C15H18N2O3S. The first-order valence-corrected chi connectivity index (χ1v) is 8.56. The van der Waals surface area contributed by atoms with E-state index in [0.29, 0.717) is 24.5 Å². The number of nitriles is 1. The van der Waals surface area contributed by atoms with E-state index in [4.69, 9.17) is 10.00 Å². The molecule has 1 aromatic carbocycles. The standard InChI is InChI=1S/C15H18N2O3S/c1-15(10-16)6-7-17(11-15)21(18,19)13-4-5-14-12(9-13)3-2-8-20-14/h4-5,9H,2-3,6-8,11H2,1H3. The minimum absolute atomic E-state index is 0.263. The highest BCUT2D eigenvalue weighted by Crippen LogP contribution is 2.34. The normalized spacial score (nSPS) is 25.9. The summed E-state index contributed by atoms with van der Waals surface area (Å²) in [7, 11) is -3.53. The van der Waals surface area contributed by atoms with Crippen molar-refractivity contribution >= 4 is 10.0 Å². The molecule has 5 nitrogen and oxygen atoms in total. The van der Waals surface area contributed by atoms with Crippen molar-refractivity contribution in [3.8, 4) is 11.8 Å². The van der Waals surface area contributed by atoms with Gasteiger partial charge in [0.15, 0.2) is 0 Å². The van der Waals surface area contributed by atoms with Crippen LogP contribution in [-0.2, 0) is 16.4 Å². The van der Waals surface area contributed by atoms with E-state index in [9.17, 15) is 8.42 Å². The smallest absolute Gasteiger partial charge is 0.243 e. The molecule has 1 atom stereocenters. The number of hydrogen-bond donors (Lipinski definition) is 0. The van der Waals surface area contributed by atoms with Crippen molar-refractivity contribution in [2.45, 2.75) is 31.1 Å². The van der Waals surface area contributed by atoms with Crippen LogP contribution in [-0.4, -0.2) is 32.4 Å². The van der Waals surface area contributed by atoms with Gasteiger partial charge in [-0.3, -0.25) is 0 Å². The molecule has 0 aliphatic carbocycles. The first-order chi connectivity index (χ1) is 9.94. The lowest BCUT2D eigenvalue weighted by Gasteiger charge is -2.21. The predicted octanol–water partition coefficient (Wildman–Crippen LogP) is 1.94. The Hall–Kier alpha value is -1.58. The van der Waals surface area contributed by atoms with E-state index < -0.39 is 15.4 Å². The Labute approximate surface area is 125 Å². The van der Waals surface area contributed by atoms with Crippen LogP contribution < -0.4 is 4.74 Å². The second kappa shape index (κ2) is 5.00. The zero-order chi connectivity index (χ0) is 15.1. The fourth-order valence-corrected chi connectivity index (χ4v) is 4.48. The summed E-state index contributed by atoms with van der Waals surface area (Å²) in [4.78, 5) is 0.300. The van der Waals surface area contributed by atoms with Crippen LogP contribution in [0.25, 0.3) is 0 Å². The number of sulfonamides is 1. The monoisotopic (exact) mass is 306 g/mol. The predicted molar refractivity (Wildman–Crippen MR) is 77.4 cm³/mol. The van der Waals surface area contributed by atoms with Crippen LogP contribution in [0.4, 0.5) is 0 Å². The molecule has 0 radical (unpaired) electrons. The molecule has 2 aliphatic heterocycles. The summed E-state index contributed by atoms with van der Waals surface area (Å²) in [5, 5.41) is 9.15. The lowest BCUT2D eigenvalue weighted by Crippen LogP contribution is -2.31. The number of aryl methyl sites for hydroxylation is 1. The summed E-state index contributed by atoms with van der Waals surface area (Å²) in [5.41, 5.74) is 0.370. The van der Waals surface area contributed by atoms with E-state index in [1.807, 2.05) is 6.92 Å². The van der Waals surface area contributed by atoms with Crippen LogP contribution in [0, 0.1) is 16.7 Å². The van der Waals surface area contributed by atoms with Crippen LogP contribution in [0.5, 0.6) is 5.75 Å². The molecule has 0 bridgehead atoms. The summed E-state index contributed by atoms with van der Waals surface area (Å²) >= 11 is 0. The van der Waals surface area contributed by atoms with Crippen molar-refractivity contribution < 1.29 is 13.2 Å². The van der Waals surface area contributed by atoms with E-state index in [1.54, 1.807) is 18.2 Å². The largest absolute Gasteiger partial charge is 0.493 e. The van der Waals surface area contributed by atoms with Gasteiger partial charge in [-0.2, -0.15) is 9.57 Å². The number of ether oxygens (including phenoxy) is 1. The summed E-state index contributed by atoms with van der Waals surface area (Å²) in [6.07, 6.45) is 2.33. The molecule has 2 aliphatic rings. The van der Waals surface area contributed by atoms with Gasteiger partial charge in [0.25, 0.3) is 0 Å². The maximum absolute atomic E-state index is 12.7. The van der Waals surface area contributed by atoms with Crippen molar-refractivity contribution in [1.29, 1.82) is 5.26 Å². The van der Waals surface area contributed by atoms with Gasteiger partial charge in [0.05, 0.1) is 23.0 Å². The average Bonchev–Trinajstić information content (AvgIpc) is 2.91. The number of fused-ring (bicyclic) bond motifs is 1. The summed E-state index contributed by atoms with van der Waals surface area (Å²) < 4.78 is 32.3. The zero-order valence-electron chi connectivity index (χ0n) is 12.0. The van der Waals surface area contributed by atoms with Crippen LogP contribution in [0.3, 0.4) is 0 Å². The third-order valence-corrected chi connectivity index (χ3v) is 6.07. The van der Waals surface area contributed by atoms with Gasteiger partial charge < -0.3 is 4.74 Å². The van der Waals surface area contributed by atoms with Gasteiger partial charge in [0.2, 0.25) is 10.0 Å². The van der Waals surface area contributed by atoms with Crippen molar-refractivity contribution in [3.63, 3.8) is 0 Å². The van der Waals surface area contributed by atoms with Gasteiger partial charge in [-0.25, -0.2) is 8.42 Å². The van der Waals surface area contributed by atoms with E-state index in [1.165, 1.54) is 4.31 Å². The molecule has 6 heteroatoms. The van der Waals surface area contributed by atoms with Crippen LogP contribution in [0.1, 0.15) is 25.3 Å². The third kappa shape index (κ3) is 2.52. The Balaban J connectivity index is 1.91. The maximum Gasteiger partial charge on any atom is 0.243 e. The molecule has 21 heavy (non-hydrogen) atoms. The average molecular weight is 306 g/mol. The van der Waals surface area contributed by atoms with Gasteiger partial charge in [0.1, 0.15) is 5.75 Å². The Kier molecular flexibility index (Phi) is 3.42. The van der Waals surface area contributed by atoms with Crippen LogP contribution >= 0.6 is 0 Å². The van der Waals surface area contributed by atoms with Crippen LogP contribution in [0.15, 0.2) is 23.1 Å². The molecule has 0 N–H and O–H groups in total. The third-order valence-electron chi connectivity index (χ3n) is 4.23. The van der Waals surface area contributed by atoms with Crippen molar-refractivity contribution in [2.75, 3.05) is 19.7 Å². The fraction of sp³-hybridized carbons (Fsp3) is 0.533. The first-order valence-electron chi connectivity index (χ1n) is 7.12. The lowest BCUT2D eigenvalue weighted by molar-refractivity contribution is 0.288. The minimum Gasteiger partial charge on any atom is -0.493 e. The Morgan fingerprint density at radius 1 is 1.43 bits per heavy atom. The summed E-state index contributed by atoms with van der Waals surface area (Å²) in [6.45, 7) is 3.16. The number of nitrogens with zero attached hydrogens (tertiary/aromatic N) is 2. The minimum atomic E-state index is -3.53. The highest BCUT2D eigenvalue weighted by molar-refractivity contribution is 7.89. The summed E-state index contributed by atoms with van der Waals surface area (Å²) in [5.74, 6) is 0.781. The Morgan fingerprint density at radius 3 is 2.95 bits per heavy atom. The second-order valence-corrected chi connectivity index (χ2v) is 7.92. The molecule has 2 heterocycles. The zero-order valence-corrected chi connectivity index (χ0v) is 12.8. The number of hydrogen-bond acceptors (Lipinski definition) is 4. The molecule has 1 aromatic rings. The highest BCUT2D eigenvalue weighted by atomic mass is 32.2. The maximum atomic E-state index is 12.7. The van der Waals surface area contributed by atoms with Gasteiger partial charge in [-0.05, 0) is 49.9 Å². The van der Waals surface area contributed by atoms with E-state index in [2.05, 4.69) is 6.07 Å². The molecule has 3 rings (SSSR count). The molecule has 1 saturated heterocycles. The molecule has 0 saturated carbocycles.